The van der Waals surface area contributed by atoms with E-state index in [-0.39, 0.29) is 11.5 Å². The van der Waals surface area contributed by atoms with Crippen molar-refractivity contribution in [2.75, 3.05) is 17.3 Å². The molecular weight excluding hydrogens is 308 g/mol. The SMILES string of the molecule is C/C(N)=C/N(N)c1cn(C2OC(CO)C(O)C2O)c(=O)nc1N. The topological polar surface area (TPSA) is 186 Å². The molecule has 11 nitrogen and oxygen atoms in total. The fourth-order valence-electron chi connectivity index (χ4n) is 2.25. The lowest BCUT2D eigenvalue weighted by atomic mass is 10.1. The van der Waals surface area contributed by atoms with Crippen molar-refractivity contribution >= 4 is 11.5 Å². The zero-order chi connectivity index (χ0) is 17.3. The number of nitrogen functional groups attached to an aromatic ring is 1. The first kappa shape index (κ1) is 17.2. The Kier molecular flexibility index (Phi) is 4.87. The molecule has 0 spiro atoms. The molecule has 0 bridgehead atoms. The van der Waals surface area contributed by atoms with Crippen molar-refractivity contribution in [3.05, 3.63) is 28.6 Å². The second-order valence-corrected chi connectivity index (χ2v) is 5.21. The van der Waals surface area contributed by atoms with Gasteiger partial charge in [0.25, 0.3) is 0 Å². The number of hydrogen-bond acceptors (Lipinski definition) is 10. The lowest BCUT2D eigenvalue weighted by molar-refractivity contribution is -0.0548. The fraction of sp³-hybridized carbons (Fsp3) is 0.500. The van der Waals surface area contributed by atoms with E-state index >= 15 is 0 Å². The summed E-state index contributed by atoms with van der Waals surface area (Å²) in [5.74, 6) is 5.64. The Morgan fingerprint density at radius 3 is 2.70 bits per heavy atom. The van der Waals surface area contributed by atoms with Gasteiger partial charge in [0.2, 0.25) is 0 Å². The van der Waals surface area contributed by atoms with Gasteiger partial charge in [-0.1, -0.05) is 0 Å². The number of allylic oxidation sites excluding steroid dienone is 1. The maximum absolute atomic E-state index is 12.0. The molecule has 1 saturated heterocycles. The van der Waals surface area contributed by atoms with Gasteiger partial charge in [-0.05, 0) is 6.92 Å². The lowest BCUT2D eigenvalue weighted by Gasteiger charge is -2.21. The van der Waals surface area contributed by atoms with Gasteiger partial charge in [-0.25, -0.2) is 10.6 Å². The summed E-state index contributed by atoms with van der Waals surface area (Å²) in [6, 6.07) is 0. The van der Waals surface area contributed by atoms with Gasteiger partial charge in [0.05, 0.1) is 6.61 Å². The van der Waals surface area contributed by atoms with Crippen LogP contribution in [0.1, 0.15) is 13.2 Å². The van der Waals surface area contributed by atoms with Crippen molar-refractivity contribution in [1.82, 2.24) is 9.55 Å². The molecule has 9 N–H and O–H groups in total. The minimum Gasteiger partial charge on any atom is -0.401 e. The number of ether oxygens (including phenoxy) is 1. The molecule has 0 saturated carbocycles. The maximum Gasteiger partial charge on any atom is 0.351 e. The molecule has 11 heteroatoms. The molecule has 4 unspecified atom stereocenters. The third-order valence-electron chi connectivity index (χ3n) is 3.37. The lowest BCUT2D eigenvalue weighted by Crippen LogP contribution is -2.37. The van der Waals surface area contributed by atoms with E-state index in [9.17, 15) is 15.0 Å². The van der Waals surface area contributed by atoms with E-state index < -0.39 is 36.8 Å². The van der Waals surface area contributed by atoms with Gasteiger partial charge < -0.3 is 31.5 Å². The molecule has 1 fully saturated rings. The van der Waals surface area contributed by atoms with Crippen LogP contribution in [-0.4, -0.2) is 49.8 Å². The van der Waals surface area contributed by atoms with Gasteiger partial charge in [0.1, 0.15) is 24.0 Å². The second kappa shape index (κ2) is 6.52. The number of aliphatic hydroxyl groups is 3. The molecule has 4 atom stereocenters. The summed E-state index contributed by atoms with van der Waals surface area (Å²) in [5.41, 5.74) is 10.9. The molecule has 128 valence electrons. The van der Waals surface area contributed by atoms with Crippen LogP contribution in [0.25, 0.3) is 0 Å². The number of hydrazine groups is 1. The highest BCUT2D eigenvalue weighted by molar-refractivity contribution is 5.62. The summed E-state index contributed by atoms with van der Waals surface area (Å²) in [7, 11) is 0. The number of aliphatic hydroxyl groups excluding tert-OH is 3. The van der Waals surface area contributed by atoms with Crippen molar-refractivity contribution in [2.24, 2.45) is 11.6 Å². The number of anilines is 2. The zero-order valence-corrected chi connectivity index (χ0v) is 12.4. The first-order valence-corrected chi connectivity index (χ1v) is 6.75. The third-order valence-corrected chi connectivity index (χ3v) is 3.37. The molecule has 0 radical (unpaired) electrons. The fourth-order valence-corrected chi connectivity index (χ4v) is 2.25. The Hall–Kier alpha value is -2.18. The Morgan fingerprint density at radius 2 is 2.17 bits per heavy atom. The molecule has 0 amide bonds. The summed E-state index contributed by atoms with van der Waals surface area (Å²) in [5, 5.41) is 29.9. The van der Waals surface area contributed by atoms with Gasteiger partial charge in [-0.3, -0.25) is 9.58 Å². The molecule has 23 heavy (non-hydrogen) atoms. The Morgan fingerprint density at radius 1 is 1.52 bits per heavy atom. The van der Waals surface area contributed by atoms with Crippen LogP contribution in [0.3, 0.4) is 0 Å². The van der Waals surface area contributed by atoms with Crippen LogP contribution in [0.15, 0.2) is 22.9 Å². The molecule has 1 aromatic heterocycles. The maximum atomic E-state index is 12.0. The summed E-state index contributed by atoms with van der Waals surface area (Å²) in [6.45, 7) is 1.09. The van der Waals surface area contributed by atoms with Crippen molar-refractivity contribution in [2.45, 2.75) is 31.5 Å². The molecule has 1 aromatic rings. The van der Waals surface area contributed by atoms with Gasteiger partial charge in [-0.2, -0.15) is 4.98 Å². The average Bonchev–Trinajstić information content (AvgIpc) is 2.74. The van der Waals surface area contributed by atoms with Crippen LogP contribution in [0.2, 0.25) is 0 Å². The Labute approximate surface area is 131 Å². The number of nitrogens with two attached hydrogens (primary N) is 3. The van der Waals surface area contributed by atoms with Crippen molar-refractivity contribution in [1.29, 1.82) is 0 Å². The van der Waals surface area contributed by atoms with Gasteiger partial charge in [0, 0.05) is 18.1 Å². The molecule has 2 rings (SSSR count). The Bertz CT molecular complexity index is 658. The van der Waals surface area contributed by atoms with E-state index in [2.05, 4.69) is 4.98 Å². The molecule has 0 aromatic carbocycles. The second-order valence-electron chi connectivity index (χ2n) is 5.21. The smallest absolute Gasteiger partial charge is 0.351 e. The monoisotopic (exact) mass is 328 g/mol. The van der Waals surface area contributed by atoms with Crippen LogP contribution in [0.5, 0.6) is 0 Å². The predicted molar refractivity (Wildman–Crippen MR) is 80.5 cm³/mol. The molecule has 0 aliphatic carbocycles. The van der Waals surface area contributed by atoms with Crippen LogP contribution in [0, 0.1) is 0 Å². The first-order valence-electron chi connectivity index (χ1n) is 6.75. The van der Waals surface area contributed by atoms with E-state index in [0.29, 0.717) is 5.70 Å². The highest BCUT2D eigenvalue weighted by atomic mass is 16.6. The summed E-state index contributed by atoms with van der Waals surface area (Å²) in [4.78, 5) is 15.6. The quantitative estimate of drug-likeness (QED) is 0.245. The number of nitrogens with zero attached hydrogens (tertiary/aromatic N) is 3. The van der Waals surface area contributed by atoms with E-state index in [4.69, 9.17) is 27.2 Å². The molecule has 1 aliphatic rings. The van der Waals surface area contributed by atoms with Gasteiger partial charge in [0.15, 0.2) is 12.0 Å². The zero-order valence-electron chi connectivity index (χ0n) is 12.4. The van der Waals surface area contributed by atoms with E-state index in [1.807, 2.05) is 0 Å². The number of aromatic nitrogens is 2. The highest BCUT2D eigenvalue weighted by Gasteiger charge is 2.44. The van der Waals surface area contributed by atoms with Gasteiger partial charge in [-0.15, -0.1) is 0 Å². The van der Waals surface area contributed by atoms with Crippen LogP contribution >= 0.6 is 0 Å². The summed E-state index contributed by atoms with van der Waals surface area (Å²) in [6.07, 6.45) is -2.45. The normalized spacial score (nSPS) is 28.1. The van der Waals surface area contributed by atoms with Crippen molar-refractivity contribution in [3.63, 3.8) is 0 Å². The predicted octanol–water partition coefficient (Wildman–Crippen LogP) is -3.06. The van der Waals surface area contributed by atoms with E-state index in [0.717, 1.165) is 9.58 Å². The minimum absolute atomic E-state index is 0.141. The number of rotatable bonds is 4. The third kappa shape index (κ3) is 3.28. The number of hydrogen-bond donors (Lipinski definition) is 6. The largest absolute Gasteiger partial charge is 0.401 e. The Balaban J connectivity index is 2.44. The van der Waals surface area contributed by atoms with E-state index in [1.165, 1.54) is 12.4 Å². The van der Waals surface area contributed by atoms with Crippen molar-refractivity contribution < 1.29 is 20.1 Å². The first-order chi connectivity index (χ1) is 10.8. The van der Waals surface area contributed by atoms with Crippen LogP contribution in [0.4, 0.5) is 11.5 Å². The molecule has 2 heterocycles. The van der Waals surface area contributed by atoms with E-state index in [1.54, 1.807) is 6.92 Å². The van der Waals surface area contributed by atoms with Crippen LogP contribution < -0.4 is 28.0 Å². The standard InChI is InChI=1S/C12H20N6O5/c1-5(13)2-18(15)6-3-17(12(22)16-10(6)14)11-9(21)8(20)7(4-19)23-11/h2-3,7-9,11,19-21H,4,13,15H2,1H3,(H2,14,16,22)/b5-2-. The van der Waals surface area contributed by atoms with Gasteiger partial charge >= 0.3 is 5.69 Å². The average molecular weight is 328 g/mol. The molecular formula is C12H20N6O5. The summed E-state index contributed by atoms with van der Waals surface area (Å²) >= 11 is 0. The highest BCUT2D eigenvalue weighted by Crippen LogP contribution is 2.29. The molecule has 1 aliphatic heterocycles. The summed E-state index contributed by atoms with van der Waals surface area (Å²) < 4.78 is 6.23. The van der Waals surface area contributed by atoms with Crippen LogP contribution in [-0.2, 0) is 4.74 Å². The van der Waals surface area contributed by atoms with Crippen molar-refractivity contribution in [3.8, 4) is 0 Å². The minimum atomic E-state index is -1.43.